The number of ether oxygens (including phenoxy) is 2. The van der Waals surface area contributed by atoms with Crippen molar-refractivity contribution in [2.24, 2.45) is 4.99 Å². The molecule has 0 spiro atoms. The first-order chi connectivity index (χ1) is 11.5. The topological polar surface area (TPSA) is 74.9 Å². The molecule has 126 valence electrons. The van der Waals surface area contributed by atoms with Crippen LogP contribution in [0.1, 0.15) is 12.5 Å². The zero-order valence-corrected chi connectivity index (χ0v) is 15.1. The second kappa shape index (κ2) is 8.08. The Hall–Kier alpha value is -2.17. The summed E-state index contributed by atoms with van der Waals surface area (Å²) in [5.41, 5.74) is 0.703. The maximum Gasteiger partial charge on any atom is 0.266 e. The average molecular weight is 366 g/mol. The Bertz CT molecular complexity index is 756. The fourth-order valence-electron chi connectivity index (χ4n) is 2.08. The van der Waals surface area contributed by atoms with Crippen LogP contribution in [-0.2, 0) is 4.79 Å². The van der Waals surface area contributed by atoms with Crippen molar-refractivity contribution < 1.29 is 14.3 Å². The number of nitrogens with zero attached hydrogens (tertiary/aromatic N) is 3. The monoisotopic (exact) mass is 365 g/mol. The Morgan fingerprint density at radius 1 is 1.46 bits per heavy atom. The van der Waals surface area contributed by atoms with Gasteiger partial charge in [0, 0.05) is 14.1 Å². The summed E-state index contributed by atoms with van der Waals surface area (Å²) in [6.45, 7) is 2.13. The van der Waals surface area contributed by atoms with Crippen LogP contribution < -0.4 is 9.47 Å². The predicted molar refractivity (Wildman–Crippen MR) is 95.4 cm³/mol. The lowest BCUT2D eigenvalue weighted by Gasteiger charge is -2.12. The first-order valence-electron chi connectivity index (χ1n) is 7.12. The maximum atomic E-state index is 12.2. The first kappa shape index (κ1) is 18.2. The molecule has 6 nitrogen and oxygen atoms in total. The molecule has 0 aliphatic carbocycles. The summed E-state index contributed by atoms with van der Waals surface area (Å²) < 4.78 is 10.9. The van der Waals surface area contributed by atoms with Crippen molar-refractivity contribution in [3.05, 3.63) is 27.6 Å². The van der Waals surface area contributed by atoms with Crippen LogP contribution >= 0.6 is 23.4 Å². The van der Waals surface area contributed by atoms with Crippen LogP contribution in [0.15, 0.2) is 22.0 Å². The van der Waals surface area contributed by atoms with Gasteiger partial charge < -0.3 is 9.47 Å². The van der Waals surface area contributed by atoms with E-state index in [4.69, 9.17) is 26.3 Å². The third-order valence-corrected chi connectivity index (χ3v) is 4.54. The summed E-state index contributed by atoms with van der Waals surface area (Å²) in [5.74, 6) is 0.625. The molecule has 1 aliphatic rings. The molecule has 1 aromatic rings. The number of rotatable bonds is 5. The van der Waals surface area contributed by atoms with E-state index in [-0.39, 0.29) is 12.5 Å². The number of hydrogen-bond acceptors (Lipinski definition) is 6. The molecule has 0 unspecified atom stereocenters. The molecule has 0 saturated carbocycles. The van der Waals surface area contributed by atoms with Crippen molar-refractivity contribution in [3.8, 4) is 17.6 Å². The summed E-state index contributed by atoms with van der Waals surface area (Å²) in [7, 11) is 3.32. The number of amides is 1. The van der Waals surface area contributed by atoms with E-state index >= 15 is 0 Å². The minimum atomic E-state index is -0.129. The zero-order valence-electron chi connectivity index (χ0n) is 13.5. The molecule has 1 heterocycles. The fraction of sp³-hybridized carbons (Fsp3) is 0.312. The van der Waals surface area contributed by atoms with Crippen molar-refractivity contribution in [1.29, 1.82) is 5.26 Å². The number of halogens is 1. The lowest BCUT2D eigenvalue weighted by Crippen LogP contribution is -2.23. The van der Waals surface area contributed by atoms with Gasteiger partial charge in [-0.25, -0.2) is 0 Å². The van der Waals surface area contributed by atoms with Gasteiger partial charge in [0.05, 0.1) is 16.5 Å². The van der Waals surface area contributed by atoms with Gasteiger partial charge in [-0.1, -0.05) is 11.6 Å². The van der Waals surface area contributed by atoms with Crippen molar-refractivity contribution in [1.82, 2.24) is 4.90 Å². The molecule has 24 heavy (non-hydrogen) atoms. The van der Waals surface area contributed by atoms with Crippen LogP contribution in [0, 0.1) is 11.3 Å². The molecule has 8 heteroatoms. The third kappa shape index (κ3) is 3.83. The Morgan fingerprint density at radius 2 is 2.21 bits per heavy atom. The van der Waals surface area contributed by atoms with E-state index < -0.39 is 0 Å². The lowest BCUT2D eigenvalue weighted by atomic mass is 10.1. The molecular formula is C16H16ClN3O3S. The van der Waals surface area contributed by atoms with Gasteiger partial charge in [-0.15, -0.1) is 0 Å². The zero-order chi connectivity index (χ0) is 17.7. The molecule has 0 N–H and O–H groups in total. The predicted octanol–water partition coefficient (Wildman–Crippen LogP) is 3.17. The molecule has 0 aromatic heterocycles. The number of thioether (sulfide) groups is 1. The lowest BCUT2D eigenvalue weighted by molar-refractivity contribution is -0.121. The molecule has 2 rings (SSSR count). The summed E-state index contributed by atoms with van der Waals surface area (Å²) in [5, 5.41) is 9.61. The number of carbonyl (C=O) groups is 1. The molecule has 1 fully saturated rings. The molecule has 1 aliphatic heterocycles. The molecule has 1 amide bonds. The fourth-order valence-corrected chi connectivity index (χ4v) is 3.28. The van der Waals surface area contributed by atoms with E-state index in [1.54, 1.807) is 32.3 Å². The van der Waals surface area contributed by atoms with E-state index in [9.17, 15) is 4.79 Å². The van der Waals surface area contributed by atoms with Crippen LogP contribution in [0.3, 0.4) is 0 Å². The number of likely N-dealkylation sites (N-methyl/N-ethyl adjacent to an activating group) is 1. The second-order valence-corrected chi connectivity index (χ2v) is 6.11. The number of aliphatic imine (C=N–C) groups is 1. The van der Waals surface area contributed by atoms with E-state index in [1.165, 1.54) is 16.7 Å². The Labute approximate surface area is 149 Å². The van der Waals surface area contributed by atoms with E-state index in [0.717, 1.165) is 0 Å². The number of benzene rings is 1. The number of amidine groups is 1. The van der Waals surface area contributed by atoms with Gasteiger partial charge in [-0.3, -0.25) is 14.7 Å². The smallest absolute Gasteiger partial charge is 0.266 e. The Balaban J connectivity index is 2.40. The summed E-state index contributed by atoms with van der Waals surface area (Å²) in [6, 6.07) is 5.28. The van der Waals surface area contributed by atoms with Gasteiger partial charge in [-0.05, 0) is 42.5 Å². The van der Waals surface area contributed by atoms with Gasteiger partial charge in [0.2, 0.25) is 0 Å². The molecule has 0 radical (unpaired) electrons. The van der Waals surface area contributed by atoms with Crippen LogP contribution in [0.5, 0.6) is 11.5 Å². The Morgan fingerprint density at radius 3 is 2.79 bits per heavy atom. The van der Waals surface area contributed by atoms with Crippen molar-refractivity contribution in [3.63, 3.8) is 0 Å². The van der Waals surface area contributed by atoms with Gasteiger partial charge in [0.25, 0.3) is 5.91 Å². The van der Waals surface area contributed by atoms with Crippen LogP contribution in [-0.4, -0.2) is 43.3 Å². The molecule has 0 atom stereocenters. The van der Waals surface area contributed by atoms with Crippen LogP contribution in [0.4, 0.5) is 0 Å². The van der Waals surface area contributed by atoms with Crippen molar-refractivity contribution in [2.75, 3.05) is 27.3 Å². The van der Waals surface area contributed by atoms with Gasteiger partial charge in [0.15, 0.2) is 23.3 Å². The van der Waals surface area contributed by atoms with Crippen LogP contribution in [0.25, 0.3) is 6.08 Å². The second-order valence-electron chi connectivity index (χ2n) is 4.69. The largest absolute Gasteiger partial charge is 0.490 e. The summed E-state index contributed by atoms with van der Waals surface area (Å²) in [6.07, 6.45) is 1.73. The van der Waals surface area contributed by atoms with E-state index in [1.807, 2.05) is 13.0 Å². The highest BCUT2D eigenvalue weighted by Crippen LogP contribution is 2.38. The minimum absolute atomic E-state index is 0.125. The Kier molecular flexibility index (Phi) is 6.12. The average Bonchev–Trinajstić information content (AvgIpc) is 2.82. The van der Waals surface area contributed by atoms with Gasteiger partial charge >= 0.3 is 0 Å². The van der Waals surface area contributed by atoms with Crippen LogP contribution in [0.2, 0.25) is 5.02 Å². The van der Waals surface area contributed by atoms with Gasteiger partial charge in [-0.2, -0.15) is 5.26 Å². The minimum Gasteiger partial charge on any atom is -0.490 e. The standard InChI is InChI=1S/C16H16ClN3O3S/c1-4-22-12-8-10(7-11(17)14(12)23-6-5-18)9-13-15(21)20(3)16(19-2)24-13/h7-9H,4,6H2,1-3H3/b13-9-,19-16?. The van der Waals surface area contributed by atoms with Crippen molar-refractivity contribution in [2.45, 2.75) is 6.92 Å². The molecular weight excluding hydrogens is 350 g/mol. The molecule has 1 aromatic carbocycles. The maximum absolute atomic E-state index is 12.2. The highest BCUT2D eigenvalue weighted by molar-refractivity contribution is 8.18. The molecule has 1 saturated heterocycles. The summed E-state index contributed by atoms with van der Waals surface area (Å²) in [4.78, 5) is 18.3. The normalized spacial score (nSPS) is 17.5. The molecule has 0 bridgehead atoms. The first-order valence-corrected chi connectivity index (χ1v) is 8.31. The number of hydrogen-bond donors (Lipinski definition) is 0. The van der Waals surface area contributed by atoms with E-state index in [0.29, 0.717) is 38.8 Å². The highest BCUT2D eigenvalue weighted by atomic mass is 35.5. The number of nitriles is 1. The van der Waals surface area contributed by atoms with Crippen molar-refractivity contribution >= 4 is 40.5 Å². The van der Waals surface area contributed by atoms with E-state index in [2.05, 4.69) is 4.99 Å². The summed E-state index contributed by atoms with van der Waals surface area (Å²) >= 11 is 7.54. The third-order valence-electron chi connectivity index (χ3n) is 3.11. The quantitative estimate of drug-likeness (QED) is 0.749. The van der Waals surface area contributed by atoms with Gasteiger partial charge in [0.1, 0.15) is 6.07 Å². The number of carbonyl (C=O) groups excluding carboxylic acids is 1. The SMILES string of the molecule is CCOc1cc(/C=C2\SC(=NC)N(C)C2=O)cc(Cl)c1OCC#N. The highest BCUT2D eigenvalue weighted by Gasteiger charge is 2.29.